The van der Waals surface area contributed by atoms with Gasteiger partial charge in [0, 0.05) is 48.4 Å². The van der Waals surface area contributed by atoms with Crippen molar-refractivity contribution < 1.29 is 14.3 Å². The molecule has 2 amide bonds. The predicted octanol–water partition coefficient (Wildman–Crippen LogP) is 1.98. The first-order valence-corrected chi connectivity index (χ1v) is 9.91. The standard InChI is InChI=1S/C21H25N5O3/c1-13(27)19(29-18-4-5-23-12-18)17-8-15(9-24-10-17)16-7-14-3-2-6-26(21(22)28)20(14)25-11-16/h7-11,18-19,23H,2-6,12H2,1H3,(H2,22,28). The van der Waals surface area contributed by atoms with E-state index in [4.69, 9.17) is 10.5 Å². The summed E-state index contributed by atoms with van der Waals surface area (Å²) in [7, 11) is 0. The summed E-state index contributed by atoms with van der Waals surface area (Å²) in [6, 6.07) is 3.46. The van der Waals surface area contributed by atoms with Crippen LogP contribution in [0.15, 0.2) is 30.7 Å². The number of hydrogen-bond acceptors (Lipinski definition) is 6. The summed E-state index contributed by atoms with van der Waals surface area (Å²) in [5.41, 5.74) is 8.92. The van der Waals surface area contributed by atoms with Crippen LogP contribution in [-0.4, -0.2) is 47.5 Å². The maximum absolute atomic E-state index is 12.2. The van der Waals surface area contributed by atoms with Crippen molar-refractivity contribution in [3.05, 3.63) is 41.9 Å². The van der Waals surface area contributed by atoms with Gasteiger partial charge in [-0.25, -0.2) is 9.78 Å². The van der Waals surface area contributed by atoms with Crippen LogP contribution >= 0.6 is 0 Å². The number of aromatic nitrogens is 2. The summed E-state index contributed by atoms with van der Waals surface area (Å²) in [6.45, 7) is 3.77. The summed E-state index contributed by atoms with van der Waals surface area (Å²) < 4.78 is 6.06. The second kappa shape index (κ2) is 8.26. The highest BCUT2D eigenvalue weighted by Gasteiger charge is 2.26. The molecular formula is C21H25N5O3. The Hall–Kier alpha value is -2.84. The number of fused-ring (bicyclic) bond motifs is 1. The third-order valence-electron chi connectivity index (χ3n) is 5.40. The quantitative estimate of drug-likeness (QED) is 0.801. The van der Waals surface area contributed by atoms with E-state index in [-0.39, 0.29) is 11.9 Å². The van der Waals surface area contributed by atoms with Gasteiger partial charge in [-0.05, 0) is 50.4 Å². The molecule has 2 atom stereocenters. The van der Waals surface area contributed by atoms with Gasteiger partial charge in [-0.3, -0.25) is 14.7 Å². The number of nitrogens with two attached hydrogens (primary N) is 1. The Morgan fingerprint density at radius 1 is 1.28 bits per heavy atom. The molecule has 0 aliphatic carbocycles. The minimum atomic E-state index is -0.636. The Kier molecular flexibility index (Phi) is 5.55. The molecule has 0 bridgehead atoms. The molecule has 3 N–H and O–H groups in total. The average Bonchev–Trinajstić information content (AvgIpc) is 3.24. The molecule has 8 heteroatoms. The molecule has 4 rings (SSSR count). The molecule has 2 aromatic heterocycles. The van der Waals surface area contributed by atoms with Crippen LogP contribution in [0.4, 0.5) is 10.6 Å². The van der Waals surface area contributed by atoms with Crippen LogP contribution in [0, 0.1) is 0 Å². The minimum Gasteiger partial charge on any atom is -0.361 e. The number of pyridine rings is 2. The normalized spacial score (nSPS) is 19.6. The van der Waals surface area contributed by atoms with Gasteiger partial charge in [0.15, 0.2) is 5.78 Å². The van der Waals surface area contributed by atoms with E-state index in [1.54, 1.807) is 25.5 Å². The molecule has 2 unspecified atom stereocenters. The number of amides is 2. The van der Waals surface area contributed by atoms with Gasteiger partial charge in [0.2, 0.25) is 0 Å². The van der Waals surface area contributed by atoms with E-state index in [0.717, 1.165) is 54.6 Å². The SMILES string of the molecule is CC(=O)C(OC1CCNC1)c1cncc(-c2cnc3c(c2)CCCN3C(N)=O)c1. The lowest BCUT2D eigenvalue weighted by atomic mass is 9.99. The number of nitrogens with zero attached hydrogens (tertiary/aromatic N) is 3. The molecule has 29 heavy (non-hydrogen) atoms. The largest absolute Gasteiger partial charge is 0.361 e. The summed E-state index contributed by atoms with van der Waals surface area (Å²) in [4.78, 5) is 34.2. The molecule has 0 aromatic carbocycles. The zero-order valence-electron chi connectivity index (χ0n) is 16.4. The number of carbonyl (C=O) groups is 2. The van der Waals surface area contributed by atoms with Crippen molar-refractivity contribution >= 4 is 17.6 Å². The van der Waals surface area contributed by atoms with Gasteiger partial charge in [-0.1, -0.05) is 0 Å². The maximum atomic E-state index is 12.2. The molecule has 1 fully saturated rings. The summed E-state index contributed by atoms with van der Waals surface area (Å²) in [5.74, 6) is 0.576. The smallest absolute Gasteiger partial charge is 0.320 e. The third kappa shape index (κ3) is 4.13. The van der Waals surface area contributed by atoms with Gasteiger partial charge < -0.3 is 15.8 Å². The zero-order chi connectivity index (χ0) is 20.4. The number of urea groups is 1. The number of Topliss-reactive ketones (excluding diaryl/α,β-unsaturated/α-hetero) is 1. The zero-order valence-corrected chi connectivity index (χ0v) is 16.4. The van der Waals surface area contributed by atoms with Gasteiger partial charge >= 0.3 is 6.03 Å². The second-order valence-corrected chi connectivity index (χ2v) is 7.55. The maximum Gasteiger partial charge on any atom is 0.320 e. The molecule has 0 radical (unpaired) electrons. The van der Waals surface area contributed by atoms with Crippen molar-refractivity contribution in [2.75, 3.05) is 24.5 Å². The van der Waals surface area contributed by atoms with E-state index in [2.05, 4.69) is 15.3 Å². The van der Waals surface area contributed by atoms with E-state index < -0.39 is 12.1 Å². The lowest BCUT2D eigenvalue weighted by molar-refractivity contribution is -0.132. The van der Waals surface area contributed by atoms with E-state index in [0.29, 0.717) is 12.4 Å². The van der Waals surface area contributed by atoms with Gasteiger partial charge in [0.25, 0.3) is 0 Å². The van der Waals surface area contributed by atoms with E-state index >= 15 is 0 Å². The number of anilines is 1. The van der Waals surface area contributed by atoms with E-state index in [1.165, 1.54) is 4.90 Å². The van der Waals surface area contributed by atoms with Crippen molar-refractivity contribution in [3.63, 3.8) is 0 Å². The molecule has 2 aliphatic rings. The van der Waals surface area contributed by atoms with Crippen LogP contribution in [0.1, 0.15) is 37.0 Å². The molecule has 1 saturated heterocycles. The fourth-order valence-corrected chi connectivity index (χ4v) is 3.94. The van der Waals surface area contributed by atoms with Crippen LogP contribution in [0.2, 0.25) is 0 Å². The number of primary amides is 1. The van der Waals surface area contributed by atoms with Crippen LogP contribution in [0.5, 0.6) is 0 Å². The van der Waals surface area contributed by atoms with Crippen molar-refractivity contribution in [2.45, 2.75) is 38.4 Å². The highest BCUT2D eigenvalue weighted by molar-refractivity contribution is 5.91. The molecule has 0 spiro atoms. The van der Waals surface area contributed by atoms with Crippen LogP contribution in [0.25, 0.3) is 11.1 Å². The highest BCUT2D eigenvalue weighted by Crippen LogP contribution is 2.31. The Balaban J connectivity index is 1.63. The lowest BCUT2D eigenvalue weighted by Crippen LogP contribution is -2.40. The van der Waals surface area contributed by atoms with Crippen LogP contribution < -0.4 is 16.0 Å². The Morgan fingerprint density at radius 2 is 2.10 bits per heavy atom. The first-order valence-electron chi connectivity index (χ1n) is 9.91. The van der Waals surface area contributed by atoms with E-state index in [9.17, 15) is 9.59 Å². The average molecular weight is 395 g/mol. The molecule has 0 saturated carbocycles. The Labute approximate surface area is 169 Å². The molecule has 4 heterocycles. The molecular weight excluding hydrogens is 370 g/mol. The van der Waals surface area contributed by atoms with Crippen molar-refractivity contribution in [1.82, 2.24) is 15.3 Å². The topological polar surface area (TPSA) is 110 Å². The second-order valence-electron chi connectivity index (χ2n) is 7.55. The summed E-state index contributed by atoms with van der Waals surface area (Å²) >= 11 is 0. The number of aryl methyl sites for hydroxylation is 1. The first kappa shape index (κ1) is 19.5. The Morgan fingerprint density at radius 3 is 2.83 bits per heavy atom. The predicted molar refractivity (Wildman–Crippen MR) is 109 cm³/mol. The number of hydrogen-bond donors (Lipinski definition) is 2. The number of ether oxygens (including phenoxy) is 1. The number of carbonyl (C=O) groups excluding carboxylic acids is 2. The number of nitrogens with one attached hydrogen (secondary N) is 1. The van der Waals surface area contributed by atoms with Crippen molar-refractivity contribution in [2.24, 2.45) is 5.73 Å². The molecule has 152 valence electrons. The minimum absolute atomic E-state index is 0.0257. The van der Waals surface area contributed by atoms with Gasteiger partial charge in [-0.15, -0.1) is 0 Å². The highest BCUT2D eigenvalue weighted by atomic mass is 16.5. The third-order valence-corrected chi connectivity index (χ3v) is 5.40. The first-order chi connectivity index (χ1) is 14.0. The fraction of sp³-hybridized carbons (Fsp3) is 0.429. The van der Waals surface area contributed by atoms with Crippen molar-refractivity contribution in [3.8, 4) is 11.1 Å². The summed E-state index contributed by atoms with van der Waals surface area (Å²) in [6.07, 6.45) is 7.10. The Bertz CT molecular complexity index is 926. The lowest BCUT2D eigenvalue weighted by Gasteiger charge is -2.27. The van der Waals surface area contributed by atoms with Crippen LogP contribution in [0.3, 0.4) is 0 Å². The molecule has 2 aromatic rings. The number of ketones is 1. The summed E-state index contributed by atoms with van der Waals surface area (Å²) in [5, 5.41) is 3.25. The van der Waals surface area contributed by atoms with Gasteiger partial charge in [0.05, 0.1) is 6.10 Å². The van der Waals surface area contributed by atoms with Crippen molar-refractivity contribution in [1.29, 1.82) is 0 Å². The van der Waals surface area contributed by atoms with E-state index in [1.807, 2.05) is 12.1 Å². The van der Waals surface area contributed by atoms with Gasteiger partial charge in [-0.2, -0.15) is 0 Å². The van der Waals surface area contributed by atoms with Gasteiger partial charge in [0.1, 0.15) is 11.9 Å². The van der Waals surface area contributed by atoms with Crippen LogP contribution in [-0.2, 0) is 16.0 Å². The number of rotatable bonds is 5. The monoisotopic (exact) mass is 395 g/mol. The fourth-order valence-electron chi connectivity index (χ4n) is 3.94. The molecule has 2 aliphatic heterocycles. The molecule has 8 nitrogen and oxygen atoms in total.